The molecular weight excluding hydrogens is 244 g/mol. The maximum Gasteiger partial charge on any atom is 0.0934 e. The molecule has 1 aromatic heterocycles. The van der Waals surface area contributed by atoms with Gasteiger partial charge in [-0.05, 0) is 42.7 Å². The van der Waals surface area contributed by atoms with Crippen molar-refractivity contribution >= 4 is 11.0 Å². The zero-order chi connectivity index (χ0) is 13.9. The van der Waals surface area contributed by atoms with E-state index in [1.165, 1.54) is 22.3 Å². The molecule has 0 radical (unpaired) electrons. The largest absolute Gasteiger partial charge is 0.248 e. The van der Waals surface area contributed by atoms with Gasteiger partial charge in [-0.3, -0.25) is 0 Å². The van der Waals surface area contributed by atoms with Crippen molar-refractivity contribution in [1.82, 2.24) is 9.97 Å². The molecule has 0 N–H and O–H groups in total. The Hall–Kier alpha value is -2.22. The van der Waals surface area contributed by atoms with E-state index in [0.29, 0.717) is 5.92 Å². The molecule has 0 bridgehead atoms. The van der Waals surface area contributed by atoms with Gasteiger partial charge in [0.25, 0.3) is 0 Å². The first-order valence-electron chi connectivity index (χ1n) is 7.03. The lowest BCUT2D eigenvalue weighted by Crippen LogP contribution is -1.97. The standard InChI is InChI=1S/C18H16N2/c1-10-8-15-16(9-11(10)2)20-18-14-7-5-4-6-13(14)12(3)17(18)19-15/h4-9,12H,1-3H3. The highest BCUT2D eigenvalue weighted by molar-refractivity contribution is 5.83. The number of benzene rings is 2. The van der Waals surface area contributed by atoms with E-state index in [0.717, 1.165) is 22.4 Å². The first kappa shape index (κ1) is 11.6. The Morgan fingerprint density at radius 2 is 1.55 bits per heavy atom. The van der Waals surface area contributed by atoms with Gasteiger partial charge in [0.05, 0.1) is 22.4 Å². The van der Waals surface area contributed by atoms with Crippen LogP contribution >= 0.6 is 0 Å². The molecule has 0 fully saturated rings. The fourth-order valence-corrected chi connectivity index (χ4v) is 3.06. The molecule has 1 aliphatic rings. The van der Waals surface area contributed by atoms with Crippen molar-refractivity contribution < 1.29 is 0 Å². The van der Waals surface area contributed by atoms with Gasteiger partial charge in [-0.2, -0.15) is 0 Å². The zero-order valence-electron chi connectivity index (χ0n) is 11.9. The molecule has 1 atom stereocenters. The predicted octanol–water partition coefficient (Wildman–Crippen LogP) is 4.38. The summed E-state index contributed by atoms with van der Waals surface area (Å²) in [6, 6.07) is 12.8. The maximum absolute atomic E-state index is 4.89. The Kier molecular flexibility index (Phi) is 2.25. The Labute approximate surface area is 118 Å². The van der Waals surface area contributed by atoms with E-state index in [-0.39, 0.29) is 0 Å². The number of hydrogen-bond donors (Lipinski definition) is 0. The summed E-state index contributed by atoms with van der Waals surface area (Å²) in [7, 11) is 0. The normalized spacial score (nSPS) is 16.2. The van der Waals surface area contributed by atoms with Crippen LogP contribution in [0.4, 0.5) is 0 Å². The van der Waals surface area contributed by atoms with Crippen molar-refractivity contribution in [2.24, 2.45) is 0 Å². The van der Waals surface area contributed by atoms with Crippen molar-refractivity contribution in [3.63, 3.8) is 0 Å². The summed E-state index contributed by atoms with van der Waals surface area (Å²) in [6.45, 7) is 6.47. The van der Waals surface area contributed by atoms with Crippen LogP contribution in [0.5, 0.6) is 0 Å². The molecule has 98 valence electrons. The monoisotopic (exact) mass is 260 g/mol. The SMILES string of the molecule is Cc1cc2nc3c(nc2cc1C)C(C)c1ccccc1-3. The molecule has 4 rings (SSSR count). The summed E-state index contributed by atoms with van der Waals surface area (Å²) in [6.07, 6.45) is 0. The number of nitrogens with zero attached hydrogens (tertiary/aromatic N) is 2. The lowest BCUT2D eigenvalue weighted by Gasteiger charge is -2.08. The molecule has 3 aromatic rings. The van der Waals surface area contributed by atoms with Gasteiger partial charge >= 0.3 is 0 Å². The van der Waals surface area contributed by atoms with Gasteiger partial charge in [0.2, 0.25) is 0 Å². The first-order valence-corrected chi connectivity index (χ1v) is 7.03. The van der Waals surface area contributed by atoms with Crippen LogP contribution in [0.2, 0.25) is 0 Å². The van der Waals surface area contributed by atoms with Crippen molar-refractivity contribution in [2.45, 2.75) is 26.7 Å². The topological polar surface area (TPSA) is 25.8 Å². The summed E-state index contributed by atoms with van der Waals surface area (Å²) >= 11 is 0. The minimum atomic E-state index is 0.333. The smallest absolute Gasteiger partial charge is 0.0934 e. The third-order valence-electron chi connectivity index (χ3n) is 4.40. The molecule has 2 nitrogen and oxygen atoms in total. The molecule has 1 heterocycles. The third kappa shape index (κ3) is 1.45. The number of hydrogen-bond acceptors (Lipinski definition) is 2. The van der Waals surface area contributed by atoms with Crippen molar-refractivity contribution in [2.75, 3.05) is 0 Å². The molecule has 0 spiro atoms. The second kappa shape index (κ2) is 3.89. The minimum absolute atomic E-state index is 0.333. The highest BCUT2D eigenvalue weighted by atomic mass is 14.8. The van der Waals surface area contributed by atoms with Gasteiger partial charge in [-0.25, -0.2) is 9.97 Å². The lowest BCUT2D eigenvalue weighted by molar-refractivity contribution is 0.908. The van der Waals surface area contributed by atoms with Crippen LogP contribution in [0.25, 0.3) is 22.3 Å². The van der Waals surface area contributed by atoms with Gasteiger partial charge in [0.1, 0.15) is 0 Å². The Balaban J connectivity index is 2.07. The predicted molar refractivity (Wildman–Crippen MR) is 82.0 cm³/mol. The van der Waals surface area contributed by atoms with E-state index >= 15 is 0 Å². The van der Waals surface area contributed by atoms with Gasteiger partial charge in [-0.15, -0.1) is 0 Å². The summed E-state index contributed by atoms with van der Waals surface area (Å²) in [4.78, 5) is 9.78. The molecule has 0 amide bonds. The molecule has 1 aliphatic carbocycles. The zero-order valence-corrected chi connectivity index (χ0v) is 11.9. The number of aromatic nitrogens is 2. The number of rotatable bonds is 0. The summed E-state index contributed by atoms with van der Waals surface area (Å²) in [5, 5.41) is 0. The van der Waals surface area contributed by atoms with Crippen LogP contribution in [0.1, 0.15) is 35.2 Å². The van der Waals surface area contributed by atoms with Crippen LogP contribution in [0.15, 0.2) is 36.4 Å². The second-order valence-corrected chi connectivity index (χ2v) is 5.69. The van der Waals surface area contributed by atoms with Crippen LogP contribution in [-0.4, -0.2) is 9.97 Å². The molecule has 20 heavy (non-hydrogen) atoms. The molecule has 1 unspecified atom stereocenters. The third-order valence-corrected chi connectivity index (χ3v) is 4.40. The summed E-state index contributed by atoms with van der Waals surface area (Å²) in [5.41, 5.74) is 9.29. The number of aryl methyl sites for hydroxylation is 2. The maximum atomic E-state index is 4.89. The summed E-state index contributed by atoms with van der Waals surface area (Å²) < 4.78 is 0. The van der Waals surface area contributed by atoms with Gasteiger partial charge in [0, 0.05) is 11.5 Å². The molecule has 0 saturated heterocycles. The van der Waals surface area contributed by atoms with E-state index in [2.05, 4.69) is 57.2 Å². The minimum Gasteiger partial charge on any atom is -0.248 e. The first-order chi connectivity index (χ1) is 9.65. The van der Waals surface area contributed by atoms with E-state index in [1.807, 2.05) is 0 Å². The Morgan fingerprint density at radius 3 is 2.30 bits per heavy atom. The van der Waals surface area contributed by atoms with Gasteiger partial charge in [0.15, 0.2) is 0 Å². The lowest BCUT2D eigenvalue weighted by atomic mass is 10.0. The summed E-state index contributed by atoms with van der Waals surface area (Å²) in [5.74, 6) is 0.333. The second-order valence-electron chi connectivity index (χ2n) is 5.69. The van der Waals surface area contributed by atoms with Crippen molar-refractivity contribution in [3.8, 4) is 11.3 Å². The molecular formula is C18H16N2. The average molecular weight is 260 g/mol. The van der Waals surface area contributed by atoms with E-state index in [9.17, 15) is 0 Å². The van der Waals surface area contributed by atoms with E-state index in [4.69, 9.17) is 9.97 Å². The van der Waals surface area contributed by atoms with Gasteiger partial charge in [-0.1, -0.05) is 31.2 Å². The highest BCUT2D eigenvalue weighted by Crippen LogP contribution is 2.42. The van der Waals surface area contributed by atoms with Crippen molar-refractivity contribution in [1.29, 1.82) is 0 Å². The van der Waals surface area contributed by atoms with Crippen LogP contribution in [-0.2, 0) is 0 Å². The fraction of sp³-hybridized carbons (Fsp3) is 0.222. The molecule has 0 aliphatic heterocycles. The Morgan fingerprint density at radius 1 is 0.900 bits per heavy atom. The average Bonchev–Trinajstić information content (AvgIpc) is 2.72. The van der Waals surface area contributed by atoms with Crippen LogP contribution < -0.4 is 0 Å². The molecule has 2 heteroatoms. The highest BCUT2D eigenvalue weighted by Gasteiger charge is 2.28. The van der Waals surface area contributed by atoms with Crippen LogP contribution in [0.3, 0.4) is 0 Å². The fourth-order valence-electron chi connectivity index (χ4n) is 3.06. The van der Waals surface area contributed by atoms with E-state index < -0.39 is 0 Å². The van der Waals surface area contributed by atoms with Gasteiger partial charge < -0.3 is 0 Å². The Bertz CT molecular complexity index is 849. The quantitative estimate of drug-likeness (QED) is 0.599. The molecule has 0 saturated carbocycles. The van der Waals surface area contributed by atoms with Crippen LogP contribution in [0, 0.1) is 13.8 Å². The number of fused-ring (bicyclic) bond motifs is 4. The van der Waals surface area contributed by atoms with E-state index in [1.54, 1.807) is 0 Å². The molecule has 2 aromatic carbocycles. The van der Waals surface area contributed by atoms with Crippen molar-refractivity contribution in [3.05, 3.63) is 58.8 Å².